The average Bonchev–Trinajstić information content (AvgIpc) is 2.32. The van der Waals surface area contributed by atoms with Crippen LogP contribution in [0.3, 0.4) is 0 Å². The van der Waals surface area contributed by atoms with E-state index in [4.69, 9.17) is 5.84 Å². The molecule has 0 saturated carbocycles. The zero-order valence-corrected chi connectivity index (χ0v) is 9.59. The van der Waals surface area contributed by atoms with Crippen molar-refractivity contribution in [1.82, 2.24) is 4.98 Å². The first-order valence-electron chi connectivity index (χ1n) is 5.30. The Hall–Kier alpha value is -1.75. The van der Waals surface area contributed by atoms with Gasteiger partial charge in [-0.05, 0) is 29.7 Å². The van der Waals surface area contributed by atoms with Gasteiger partial charge in [0.15, 0.2) is 11.6 Å². The fraction of sp³-hybridized carbons (Fsp3) is 0.250. The lowest BCUT2D eigenvalue weighted by Crippen LogP contribution is -2.12. The van der Waals surface area contributed by atoms with Crippen molar-refractivity contribution in [2.24, 2.45) is 5.84 Å². The van der Waals surface area contributed by atoms with Gasteiger partial charge in [0.25, 0.3) is 0 Å². The second-order valence-corrected chi connectivity index (χ2v) is 4.16. The minimum absolute atomic E-state index is 0.0117. The number of aromatic nitrogens is 1. The van der Waals surface area contributed by atoms with E-state index in [-0.39, 0.29) is 11.4 Å². The summed E-state index contributed by atoms with van der Waals surface area (Å²) in [5.41, 5.74) is 3.27. The summed E-state index contributed by atoms with van der Waals surface area (Å²) in [6.45, 7) is 3.95. The lowest BCUT2D eigenvalue weighted by Gasteiger charge is -2.13. The van der Waals surface area contributed by atoms with Gasteiger partial charge in [-0.15, -0.1) is 0 Å². The number of nitrogen functional groups attached to an aromatic ring is 1. The Labute approximate surface area is 97.6 Å². The molecule has 0 amide bonds. The van der Waals surface area contributed by atoms with Gasteiger partial charge in [-0.25, -0.2) is 19.6 Å². The number of anilines is 1. The molecule has 0 atom stereocenters. The van der Waals surface area contributed by atoms with Crippen LogP contribution in [0.5, 0.6) is 0 Å². The standard InChI is InChI=1S/C12H13F2N3/c1-6(2)8-5-7-3-4-9(13)10(14)11(7)16-12(8)17-15/h3-6H,15H2,1-2H3,(H,16,17). The highest BCUT2D eigenvalue weighted by molar-refractivity contribution is 5.82. The van der Waals surface area contributed by atoms with Crippen molar-refractivity contribution >= 4 is 16.7 Å². The second kappa shape index (κ2) is 4.25. The van der Waals surface area contributed by atoms with Crippen molar-refractivity contribution in [3.63, 3.8) is 0 Å². The summed E-state index contributed by atoms with van der Waals surface area (Å²) in [5.74, 6) is 4.04. The molecule has 3 nitrogen and oxygen atoms in total. The third-order valence-electron chi connectivity index (χ3n) is 2.67. The van der Waals surface area contributed by atoms with Crippen molar-refractivity contribution in [3.05, 3.63) is 35.4 Å². The van der Waals surface area contributed by atoms with Gasteiger partial charge < -0.3 is 5.43 Å². The molecule has 0 saturated heterocycles. The highest BCUT2D eigenvalue weighted by Crippen LogP contribution is 2.28. The Bertz CT molecular complexity index is 567. The molecule has 5 heteroatoms. The lowest BCUT2D eigenvalue weighted by molar-refractivity contribution is 0.515. The SMILES string of the molecule is CC(C)c1cc2ccc(F)c(F)c2nc1NN. The molecule has 0 unspecified atom stereocenters. The highest BCUT2D eigenvalue weighted by Gasteiger charge is 2.14. The highest BCUT2D eigenvalue weighted by atomic mass is 19.2. The molecular weight excluding hydrogens is 224 g/mol. The number of hydrazine groups is 1. The molecule has 2 aromatic rings. The normalized spacial score (nSPS) is 11.2. The van der Waals surface area contributed by atoms with E-state index in [0.717, 1.165) is 11.6 Å². The topological polar surface area (TPSA) is 50.9 Å². The van der Waals surface area contributed by atoms with Gasteiger partial charge in [-0.1, -0.05) is 13.8 Å². The van der Waals surface area contributed by atoms with Crippen LogP contribution in [-0.4, -0.2) is 4.98 Å². The van der Waals surface area contributed by atoms with Crippen LogP contribution in [0.4, 0.5) is 14.6 Å². The number of hydrogen-bond donors (Lipinski definition) is 2. The first-order chi connectivity index (χ1) is 8.04. The number of hydrogen-bond acceptors (Lipinski definition) is 3. The Kier molecular flexibility index (Phi) is 2.93. The maximum atomic E-state index is 13.5. The zero-order chi connectivity index (χ0) is 12.6. The lowest BCUT2D eigenvalue weighted by atomic mass is 10.0. The number of rotatable bonds is 2. The molecule has 3 N–H and O–H groups in total. The largest absolute Gasteiger partial charge is 0.308 e. The third-order valence-corrected chi connectivity index (χ3v) is 2.67. The average molecular weight is 237 g/mol. The van der Waals surface area contributed by atoms with Gasteiger partial charge in [-0.3, -0.25) is 0 Å². The number of benzene rings is 1. The van der Waals surface area contributed by atoms with Gasteiger partial charge in [0.1, 0.15) is 11.3 Å². The van der Waals surface area contributed by atoms with Crippen LogP contribution in [0.1, 0.15) is 25.3 Å². The summed E-state index contributed by atoms with van der Waals surface area (Å²) < 4.78 is 26.6. The number of nitrogens with zero attached hydrogens (tertiary/aromatic N) is 1. The van der Waals surface area contributed by atoms with Crippen molar-refractivity contribution in [3.8, 4) is 0 Å². The molecule has 1 aromatic carbocycles. The maximum absolute atomic E-state index is 13.5. The quantitative estimate of drug-likeness (QED) is 0.623. The van der Waals surface area contributed by atoms with E-state index in [0.29, 0.717) is 11.2 Å². The Morgan fingerprint density at radius 1 is 1.29 bits per heavy atom. The van der Waals surface area contributed by atoms with Crippen molar-refractivity contribution in [2.45, 2.75) is 19.8 Å². The predicted molar refractivity (Wildman–Crippen MR) is 63.6 cm³/mol. The van der Waals surface area contributed by atoms with Gasteiger partial charge >= 0.3 is 0 Å². The van der Waals surface area contributed by atoms with Crippen LogP contribution in [0, 0.1) is 11.6 Å². The second-order valence-electron chi connectivity index (χ2n) is 4.16. The Morgan fingerprint density at radius 3 is 2.59 bits per heavy atom. The van der Waals surface area contributed by atoms with E-state index >= 15 is 0 Å². The number of fused-ring (bicyclic) bond motifs is 1. The summed E-state index contributed by atoms with van der Waals surface area (Å²) in [6, 6.07) is 4.37. The van der Waals surface area contributed by atoms with E-state index in [2.05, 4.69) is 10.4 Å². The molecule has 1 heterocycles. The fourth-order valence-corrected chi connectivity index (χ4v) is 1.75. The van der Waals surface area contributed by atoms with Crippen molar-refractivity contribution in [1.29, 1.82) is 0 Å². The number of nitrogens with two attached hydrogens (primary N) is 1. The van der Waals surface area contributed by atoms with Gasteiger partial charge in [0.2, 0.25) is 0 Å². The van der Waals surface area contributed by atoms with Gasteiger partial charge in [-0.2, -0.15) is 0 Å². The molecule has 0 aliphatic carbocycles. The summed E-state index contributed by atoms with van der Waals surface area (Å²) in [6.07, 6.45) is 0. The van der Waals surface area contributed by atoms with Crippen molar-refractivity contribution < 1.29 is 8.78 Å². The molecule has 0 radical (unpaired) electrons. The predicted octanol–water partition coefficient (Wildman–Crippen LogP) is 2.92. The zero-order valence-electron chi connectivity index (χ0n) is 9.59. The number of pyridine rings is 1. The minimum Gasteiger partial charge on any atom is -0.308 e. The van der Waals surface area contributed by atoms with Crippen LogP contribution >= 0.6 is 0 Å². The molecule has 2 rings (SSSR count). The fourth-order valence-electron chi connectivity index (χ4n) is 1.75. The van der Waals surface area contributed by atoms with Crippen LogP contribution in [-0.2, 0) is 0 Å². The summed E-state index contributed by atoms with van der Waals surface area (Å²) in [5, 5.41) is 0.562. The molecule has 17 heavy (non-hydrogen) atoms. The van der Waals surface area contributed by atoms with E-state index in [1.165, 1.54) is 6.07 Å². The smallest absolute Gasteiger partial charge is 0.185 e. The van der Waals surface area contributed by atoms with E-state index in [1.54, 1.807) is 6.07 Å². The van der Waals surface area contributed by atoms with Crippen LogP contribution < -0.4 is 11.3 Å². The molecule has 1 aromatic heterocycles. The molecule has 0 aliphatic heterocycles. The summed E-state index contributed by atoms with van der Waals surface area (Å²) in [4.78, 5) is 4.02. The monoisotopic (exact) mass is 237 g/mol. The molecular formula is C12H13F2N3. The van der Waals surface area contributed by atoms with Crippen molar-refractivity contribution in [2.75, 3.05) is 5.43 Å². The van der Waals surface area contributed by atoms with Crippen LogP contribution in [0.2, 0.25) is 0 Å². The van der Waals surface area contributed by atoms with Gasteiger partial charge in [0.05, 0.1) is 0 Å². The maximum Gasteiger partial charge on any atom is 0.185 e. The van der Waals surface area contributed by atoms with E-state index < -0.39 is 11.6 Å². The van der Waals surface area contributed by atoms with Crippen LogP contribution in [0.25, 0.3) is 10.9 Å². The molecule has 0 spiro atoms. The first-order valence-corrected chi connectivity index (χ1v) is 5.30. The molecule has 0 fully saturated rings. The Morgan fingerprint density at radius 2 is 2.00 bits per heavy atom. The van der Waals surface area contributed by atoms with Crippen LogP contribution in [0.15, 0.2) is 18.2 Å². The first kappa shape index (κ1) is 11.7. The Balaban J connectivity index is 2.78. The minimum atomic E-state index is -0.950. The summed E-state index contributed by atoms with van der Waals surface area (Å²) in [7, 11) is 0. The third kappa shape index (κ3) is 1.93. The van der Waals surface area contributed by atoms with E-state index in [1.807, 2.05) is 13.8 Å². The van der Waals surface area contributed by atoms with E-state index in [9.17, 15) is 8.78 Å². The molecule has 90 valence electrons. The number of nitrogens with one attached hydrogen (secondary N) is 1. The molecule has 0 aliphatic rings. The number of halogens is 2. The summed E-state index contributed by atoms with van der Waals surface area (Å²) >= 11 is 0. The van der Waals surface area contributed by atoms with Gasteiger partial charge in [0, 0.05) is 5.39 Å². The molecule has 0 bridgehead atoms.